The van der Waals surface area contributed by atoms with Crippen molar-refractivity contribution in [3.05, 3.63) is 53.6 Å². The molecule has 1 heterocycles. The molecular formula is C26H34N2O8S. The minimum absolute atomic E-state index is 0.000511. The molecule has 202 valence electrons. The van der Waals surface area contributed by atoms with Crippen LogP contribution in [0.5, 0.6) is 11.5 Å². The summed E-state index contributed by atoms with van der Waals surface area (Å²) in [7, 11) is -1.09. The van der Waals surface area contributed by atoms with E-state index in [1.165, 1.54) is 19.1 Å². The van der Waals surface area contributed by atoms with Gasteiger partial charge in [0.2, 0.25) is 0 Å². The Labute approximate surface area is 218 Å². The van der Waals surface area contributed by atoms with E-state index in [4.69, 9.17) is 18.4 Å². The fraction of sp³-hybridized carbons (Fsp3) is 0.462. The van der Waals surface area contributed by atoms with Crippen molar-refractivity contribution in [3.63, 3.8) is 0 Å². The fourth-order valence-corrected chi connectivity index (χ4v) is 4.78. The number of hydrogen-bond donors (Lipinski definition) is 1. The highest BCUT2D eigenvalue weighted by molar-refractivity contribution is 7.86. The van der Waals surface area contributed by atoms with Gasteiger partial charge in [0.25, 0.3) is 16.0 Å². The number of likely N-dealkylation sites (tertiary alicyclic amines) is 1. The number of nitrogens with zero attached hydrogens (tertiary/aromatic N) is 1. The highest BCUT2D eigenvalue weighted by Gasteiger charge is 2.43. The first-order chi connectivity index (χ1) is 17.7. The molecule has 1 amide bonds. The normalized spacial score (nSPS) is 17.4. The van der Waals surface area contributed by atoms with Crippen LogP contribution in [0.15, 0.2) is 42.5 Å². The summed E-state index contributed by atoms with van der Waals surface area (Å²) in [5, 5.41) is 3.29. The lowest BCUT2D eigenvalue weighted by Crippen LogP contribution is -2.41. The van der Waals surface area contributed by atoms with Gasteiger partial charge in [0.1, 0.15) is 12.6 Å². The quantitative estimate of drug-likeness (QED) is 0.249. The van der Waals surface area contributed by atoms with Gasteiger partial charge < -0.3 is 24.4 Å². The van der Waals surface area contributed by atoms with E-state index in [1.807, 2.05) is 30.3 Å². The molecule has 0 aliphatic carbocycles. The van der Waals surface area contributed by atoms with E-state index in [1.54, 1.807) is 12.1 Å². The molecule has 11 heteroatoms. The predicted octanol–water partition coefficient (Wildman–Crippen LogP) is 3.22. The van der Waals surface area contributed by atoms with Crippen molar-refractivity contribution >= 4 is 27.7 Å². The average molecular weight is 535 g/mol. The topological polar surface area (TPSA) is 120 Å². The van der Waals surface area contributed by atoms with Crippen LogP contribution in [-0.2, 0) is 30.4 Å². The Kier molecular flexibility index (Phi) is 9.76. The molecular weight excluding hydrogens is 500 g/mol. The van der Waals surface area contributed by atoms with Crippen LogP contribution in [0.25, 0.3) is 0 Å². The number of carbonyl (C=O) groups is 2. The molecule has 2 atom stereocenters. The van der Waals surface area contributed by atoms with Crippen molar-refractivity contribution in [2.75, 3.05) is 38.9 Å². The first kappa shape index (κ1) is 28.3. The van der Waals surface area contributed by atoms with Gasteiger partial charge in [-0.2, -0.15) is 8.42 Å². The lowest BCUT2D eigenvalue weighted by Gasteiger charge is -2.25. The molecule has 10 nitrogen and oxygen atoms in total. The smallest absolute Gasteiger partial charge is 0.328 e. The average Bonchev–Trinajstić information content (AvgIpc) is 3.29. The lowest BCUT2D eigenvalue weighted by atomic mass is 10.1. The molecule has 0 saturated carbocycles. The minimum Gasteiger partial charge on any atom is -0.493 e. The summed E-state index contributed by atoms with van der Waals surface area (Å²) in [5.41, 5.74) is 1.74. The SMILES string of the molecule is CCCCNc1cc(OCc2ccccc2)c(OC)cc1C(=O)N1C[C@H](OS(C)(=O)=O)C[C@H]1C(=O)OC. The predicted molar refractivity (Wildman–Crippen MR) is 138 cm³/mol. The summed E-state index contributed by atoms with van der Waals surface area (Å²) < 4.78 is 44.9. The highest BCUT2D eigenvalue weighted by Crippen LogP contribution is 2.36. The van der Waals surface area contributed by atoms with E-state index in [9.17, 15) is 18.0 Å². The molecule has 2 aromatic carbocycles. The van der Waals surface area contributed by atoms with Crippen LogP contribution < -0.4 is 14.8 Å². The molecule has 0 spiro atoms. The van der Waals surface area contributed by atoms with Gasteiger partial charge in [-0.1, -0.05) is 43.7 Å². The number of benzene rings is 2. The molecule has 3 rings (SSSR count). The Morgan fingerprint density at radius 2 is 1.84 bits per heavy atom. The molecule has 0 unspecified atom stereocenters. The van der Waals surface area contributed by atoms with Crippen molar-refractivity contribution in [1.29, 1.82) is 0 Å². The number of carbonyl (C=O) groups excluding carboxylic acids is 2. The van der Waals surface area contributed by atoms with Crippen LogP contribution in [-0.4, -0.2) is 70.9 Å². The van der Waals surface area contributed by atoms with Crippen LogP contribution in [0, 0.1) is 0 Å². The fourth-order valence-electron chi connectivity index (χ4n) is 4.14. The van der Waals surface area contributed by atoms with Crippen LogP contribution in [0.3, 0.4) is 0 Å². The molecule has 1 N–H and O–H groups in total. The number of nitrogens with one attached hydrogen (secondary N) is 1. The van der Waals surface area contributed by atoms with Gasteiger partial charge in [0.15, 0.2) is 11.5 Å². The van der Waals surface area contributed by atoms with Crippen LogP contribution in [0.2, 0.25) is 0 Å². The number of ether oxygens (including phenoxy) is 3. The molecule has 1 fully saturated rings. The molecule has 2 aromatic rings. The number of hydrogen-bond acceptors (Lipinski definition) is 9. The molecule has 37 heavy (non-hydrogen) atoms. The summed E-state index contributed by atoms with van der Waals surface area (Å²) >= 11 is 0. The standard InChI is InChI=1S/C26H34N2O8S/c1-5-6-12-27-21-15-24(35-17-18-10-8-7-9-11-18)23(33-2)14-20(21)25(29)28-16-19(36-37(4,31)32)13-22(28)26(30)34-3/h7-11,14-15,19,22,27H,5-6,12-13,16-17H2,1-4H3/t19-,22+/m1/s1. The molecule has 0 bridgehead atoms. The zero-order valence-corrected chi connectivity index (χ0v) is 22.4. The van der Waals surface area contributed by atoms with Crippen molar-refractivity contribution in [1.82, 2.24) is 4.90 Å². The van der Waals surface area contributed by atoms with Gasteiger partial charge in [-0.05, 0) is 18.1 Å². The summed E-state index contributed by atoms with van der Waals surface area (Å²) in [6, 6.07) is 11.9. The van der Waals surface area contributed by atoms with Crippen LogP contribution in [0.1, 0.15) is 42.1 Å². The Balaban J connectivity index is 1.95. The highest BCUT2D eigenvalue weighted by atomic mass is 32.2. The summed E-state index contributed by atoms with van der Waals surface area (Å²) in [4.78, 5) is 27.5. The van der Waals surface area contributed by atoms with E-state index in [0.717, 1.165) is 24.7 Å². The minimum atomic E-state index is -3.78. The lowest BCUT2D eigenvalue weighted by molar-refractivity contribution is -0.145. The Morgan fingerprint density at radius 3 is 2.46 bits per heavy atom. The maximum atomic E-state index is 13.8. The first-order valence-electron chi connectivity index (χ1n) is 12.1. The number of methoxy groups -OCH3 is 2. The zero-order chi connectivity index (χ0) is 27.0. The van der Waals surface area contributed by atoms with Gasteiger partial charge in [0.05, 0.1) is 37.8 Å². The number of esters is 1. The van der Waals surface area contributed by atoms with Crippen molar-refractivity contribution in [2.24, 2.45) is 0 Å². The molecule has 0 radical (unpaired) electrons. The van der Waals surface area contributed by atoms with Crippen molar-refractivity contribution in [2.45, 2.75) is 44.9 Å². The van der Waals surface area contributed by atoms with Crippen LogP contribution >= 0.6 is 0 Å². The second-order valence-electron chi connectivity index (χ2n) is 8.76. The second-order valence-corrected chi connectivity index (χ2v) is 10.4. The molecule has 1 aliphatic heterocycles. The Bertz CT molecular complexity index is 1190. The maximum Gasteiger partial charge on any atom is 0.328 e. The summed E-state index contributed by atoms with van der Waals surface area (Å²) in [6.45, 7) is 2.89. The summed E-state index contributed by atoms with van der Waals surface area (Å²) in [6.07, 6.45) is 1.89. The van der Waals surface area contributed by atoms with Gasteiger partial charge >= 0.3 is 5.97 Å². The van der Waals surface area contributed by atoms with Crippen LogP contribution in [0.4, 0.5) is 5.69 Å². The third-order valence-electron chi connectivity index (χ3n) is 5.92. The van der Waals surface area contributed by atoms with Gasteiger partial charge in [-0.25, -0.2) is 4.79 Å². The van der Waals surface area contributed by atoms with E-state index in [-0.39, 0.29) is 18.5 Å². The third kappa shape index (κ3) is 7.59. The van der Waals surface area contributed by atoms with E-state index in [0.29, 0.717) is 30.3 Å². The largest absolute Gasteiger partial charge is 0.493 e. The van der Waals surface area contributed by atoms with Crippen molar-refractivity contribution < 1.29 is 36.4 Å². The number of unbranched alkanes of at least 4 members (excludes halogenated alkanes) is 1. The monoisotopic (exact) mass is 534 g/mol. The molecule has 1 aliphatic rings. The molecule has 1 saturated heterocycles. The van der Waals surface area contributed by atoms with Gasteiger partial charge in [0, 0.05) is 25.6 Å². The number of anilines is 1. The number of rotatable bonds is 12. The zero-order valence-electron chi connectivity index (χ0n) is 21.6. The Morgan fingerprint density at radius 1 is 1.11 bits per heavy atom. The number of amides is 1. The van der Waals surface area contributed by atoms with E-state index in [2.05, 4.69) is 12.2 Å². The van der Waals surface area contributed by atoms with E-state index < -0.39 is 34.1 Å². The molecule has 0 aromatic heterocycles. The Hall–Kier alpha value is -3.31. The van der Waals surface area contributed by atoms with Gasteiger partial charge in [-0.3, -0.25) is 8.98 Å². The first-order valence-corrected chi connectivity index (χ1v) is 13.9. The van der Waals surface area contributed by atoms with Gasteiger partial charge in [-0.15, -0.1) is 0 Å². The van der Waals surface area contributed by atoms with Crippen molar-refractivity contribution in [3.8, 4) is 11.5 Å². The third-order valence-corrected chi connectivity index (χ3v) is 6.55. The second kappa shape index (κ2) is 12.8. The van der Waals surface area contributed by atoms with E-state index >= 15 is 0 Å². The summed E-state index contributed by atoms with van der Waals surface area (Å²) in [5.74, 6) is -0.339. The maximum absolute atomic E-state index is 13.8.